The fraction of sp³-hybridized carbons (Fsp3) is 0.417. The van der Waals surface area contributed by atoms with E-state index >= 15 is 0 Å². The first kappa shape index (κ1) is 14.5. The van der Waals surface area contributed by atoms with Crippen molar-refractivity contribution in [1.29, 1.82) is 0 Å². The normalized spacial score (nSPS) is 11.2. The Morgan fingerprint density at radius 2 is 2.00 bits per heavy atom. The van der Waals surface area contributed by atoms with Crippen LogP contribution in [0, 0.1) is 0 Å². The van der Waals surface area contributed by atoms with Crippen molar-refractivity contribution in [3.8, 4) is 0 Å². The van der Waals surface area contributed by atoms with E-state index in [1.54, 1.807) is 26.2 Å². The van der Waals surface area contributed by atoms with Crippen LogP contribution in [-0.2, 0) is 14.6 Å². The molecule has 0 fully saturated rings. The predicted octanol–water partition coefficient (Wildman–Crippen LogP) is 0.911. The summed E-state index contributed by atoms with van der Waals surface area (Å²) in [6.07, 6.45) is 0.544. The molecule has 1 rings (SSSR count). The molecule has 0 aliphatic carbocycles. The first-order valence-corrected chi connectivity index (χ1v) is 7.26. The monoisotopic (exact) mass is 270 g/mol. The van der Waals surface area contributed by atoms with Crippen LogP contribution in [0.15, 0.2) is 29.2 Å². The zero-order valence-electron chi connectivity index (χ0n) is 10.6. The fourth-order valence-electron chi connectivity index (χ4n) is 1.46. The smallest absolute Gasteiger partial charge is 0.222 e. The van der Waals surface area contributed by atoms with Gasteiger partial charge in [0.2, 0.25) is 5.91 Å². The van der Waals surface area contributed by atoms with E-state index < -0.39 is 9.84 Å². The maximum Gasteiger partial charge on any atom is 0.222 e. The Morgan fingerprint density at radius 3 is 2.56 bits per heavy atom. The van der Waals surface area contributed by atoms with Crippen molar-refractivity contribution in [1.82, 2.24) is 4.90 Å². The van der Waals surface area contributed by atoms with Crippen LogP contribution in [0.4, 0.5) is 5.69 Å². The summed E-state index contributed by atoms with van der Waals surface area (Å²) in [5, 5.41) is 0. The van der Waals surface area contributed by atoms with Crippen molar-refractivity contribution in [2.24, 2.45) is 0 Å². The van der Waals surface area contributed by atoms with E-state index in [2.05, 4.69) is 0 Å². The lowest BCUT2D eigenvalue weighted by Gasteiger charge is -2.10. The molecule has 0 saturated heterocycles. The highest BCUT2D eigenvalue weighted by atomic mass is 32.2. The van der Waals surface area contributed by atoms with Gasteiger partial charge >= 0.3 is 0 Å². The van der Waals surface area contributed by atoms with Crippen LogP contribution in [0.25, 0.3) is 0 Å². The van der Waals surface area contributed by atoms with Gasteiger partial charge in [-0.25, -0.2) is 8.42 Å². The lowest BCUT2D eigenvalue weighted by Crippen LogP contribution is -2.22. The zero-order chi connectivity index (χ0) is 13.8. The summed E-state index contributed by atoms with van der Waals surface area (Å²) in [7, 11) is -0.0598. The molecule has 0 saturated carbocycles. The van der Waals surface area contributed by atoms with E-state index in [0.717, 1.165) is 0 Å². The van der Waals surface area contributed by atoms with Gasteiger partial charge in [-0.05, 0) is 24.6 Å². The molecule has 0 bridgehead atoms. The third kappa shape index (κ3) is 4.03. The van der Waals surface area contributed by atoms with E-state index in [1.165, 1.54) is 17.0 Å². The number of benzene rings is 1. The van der Waals surface area contributed by atoms with E-state index in [4.69, 9.17) is 5.73 Å². The van der Waals surface area contributed by atoms with Crippen molar-refractivity contribution in [3.05, 3.63) is 24.3 Å². The van der Waals surface area contributed by atoms with Crippen LogP contribution in [0.2, 0.25) is 0 Å². The van der Waals surface area contributed by atoms with Gasteiger partial charge in [0.05, 0.1) is 10.6 Å². The number of hydrogen-bond acceptors (Lipinski definition) is 4. The summed E-state index contributed by atoms with van der Waals surface area (Å²) in [6, 6.07) is 6.18. The second-order valence-electron chi connectivity index (χ2n) is 4.28. The van der Waals surface area contributed by atoms with Crippen LogP contribution in [0.5, 0.6) is 0 Å². The van der Waals surface area contributed by atoms with Crippen molar-refractivity contribution in [2.45, 2.75) is 17.7 Å². The Hall–Kier alpha value is -1.56. The quantitative estimate of drug-likeness (QED) is 0.806. The number of anilines is 1. The molecule has 0 atom stereocenters. The molecule has 6 heteroatoms. The summed E-state index contributed by atoms with van der Waals surface area (Å²) in [5.41, 5.74) is 5.96. The van der Waals surface area contributed by atoms with Crippen LogP contribution < -0.4 is 5.73 Å². The lowest BCUT2D eigenvalue weighted by atomic mass is 10.3. The van der Waals surface area contributed by atoms with Crippen molar-refractivity contribution in [2.75, 3.05) is 25.6 Å². The highest BCUT2D eigenvalue weighted by Gasteiger charge is 2.15. The summed E-state index contributed by atoms with van der Waals surface area (Å²) in [6.45, 7) is 0. The number of nitrogen functional groups attached to an aromatic ring is 1. The van der Waals surface area contributed by atoms with Gasteiger partial charge in [0.1, 0.15) is 0 Å². The summed E-state index contributed by atoms with van der Waals surface area (Å²) in [4.78, 5) is 13.0. The molecule has 0 aromatic heterocycles. The molecule has 100 valence electrons. The molecule has 1 aromatic rings. The number of amides is 1. The maximum absolute atomic E-state index is 12.0. The number of carbonyl (C=O) groups is 1. The summed E-state index contributed by atoms with van der Waals surface area (Å²) >= 11 is 0. The van der Waals surface area contributed by atoms with Crippen molar-refractivity contribution in [3.63, 3.8) is 0 Å². The number of nitrogens with two attached hydrogens (primary N) is 1. The van der Waals surface area contributed by atoms with Crippen LogP contribution in [-0.4, -0.2) is 39.1 Å². The standard InChI is InChI=1S/C12H18N2O3S/c1-14(2)12(15)7-4-8-18(16,17)11-6-3-5-10(13)9-11/h3,5-6,9H,4,7-8,13H2,1-2H3. The second-order valence-corrected chi connectivity index (χ2v) is 6.39. The number of nitrogens with zero attached hydrogens (tertiary/aromatic N) is 1. The summed E-state index contributed by atoms with van der Waals surface area (Å²) in [5.74, 6) is -0.117. The number of hydrogen-bond donors (Lipinski definition) is 1. The average Bonchev–Trinajstić information content (AvgIpc) is 2.28. The number of rotatable bonds is 5. The van der Waals surface area contributed by atoms with Gasteiger partial charge in [0.15, 0.2) is 9.84 Å². The van der Waals surface area contributed by atoms with Gasteiger partial charge in [-0.3, -0.25) is 4.79 Å². The van der Waals surface area contributed by atoms with Crippen molar-refractivity contribution < 1.29 is 13.2 Å². The number of carbonyl (C=O) groups excluding carboxylic acids is 1. The Balaban J connectivity index is 2.64. The molecule has 1 aromatic carbocycles. The van der Waals surface area contributed by atoms with Gasteiger partial charge in [-0.2, -0.15) is 0 Å². The van der Waals surface area contributed by atoms with Gasteiger partial charge in [-0.1, -0.05) is 6.07 Å². The molecule has 5 nitrogen and oxygen atoms in total. The Bertz CT molecular complexity index is 524. The molecular formula is C12H18N2O3S. The molecular weight excluding hydrogens is 252 g/mol. The highest BCUT2D eigenvalue weighted by Crippen LogP contribution is 2.15. The van der Waals surface area contributed by atoms with Gasteiger partial charge in [0.25, 0.3) is 0 Å². The minimum Gasteiger partial charge on any atom is -0.399 e. The minimum absolute atomic E-state index is 0.0456. The predicted molar refractivity (Wildman–Crippen MR) is 70.8 cm³/mol. The molecule has 0 unspecified atom stereocenters. The Morgan fingerprint density at radius 1 is 1.33 bits per heavy atom. The van der Waals surface area contributed by atoms with Crippen LogP contribution in [0.1, 0.15) is 12.8 Å². The topological polar surface area (TPSA) is 80.5 Å². The van der Waals surface area contributed by atoms with Gasteiger partial charge in [0, 0.05) is 26.2 Å². The first-order valence-electron chi connectivity index (χ1n) is 5.61. The molecule has 18 heavy (non-hydrogen) atoms. The van der Waals surface area contributed by atoms with E-state index in [9.17, 15) is 13.2 Å². The molecule has 0 aliphatic heterocycles. The molecule has 2 N–H and O–H groups in total. The SMILES string of the molecule is CN(C)C(=O)CCCS(=O)(=O)c1cccc(N)c1. The minimum atomic E-state index is -3.35. The van der Waals surface area contributed by atoms with Gasteiger partial charge in [-0.15, -0.1) is 0 Å². The molecule has 0 radical (unpaired) electrons. The second kappa shape index (κ2) is 5.86. The lowest BCUT2D eigenvalue weighted by molar-refractivity contribution is -0.128. The third-order valence-corrected chi connectivity index (χ3v) is 4.32. The average molecular weight is 270 g/mol. The number of sulfone groups is 1. The Kier molecular flexibility index (Phi) is 4.72. The third-order valence-electron chi connectivity index (χ3n) is 2.52. The molecule has 1 amide bonds. The maximum atomic E-state index is 12.0. The molecule has 0 spiro atoms. The fourth-order valence-corrected chi connectivity index (χ4v) is 2.82. The van der Waals surface area contributed by atoms with Crippen LogP contribution >= 0.6 is 0 Å². The van der Waals surface area contributed by atoms with Gasteiger partial charge < -0.3 is 10.6 Å². The first-order chi connectivity index (χ1) is 8.33. The van der Waals surface area contributed by atoms with Crippen LogP contribution in [0.3, 0.4) is 0 Å². The van der Waals surface area contributed by atoms with Crippen molar-refractivity contribution >= 4 is 21.4 Å². The van der Waals surface area contributed by atoms with E-state index in [1.807, 2.05) is 0 Å². The summed E-state index contributed by atoms with van der Waals surface area (Å²) < 4.78 is 23.9. The Labute approximate surface area is 108 Å². The molecule has 0 aliphatic rings. The van der Waals surface area contributed by atoms with E-state index in [0.29, 0.717) is 12.1 Å². The molecule has 0 heterocycles. The van der Waals surface area contributed by atoms with E-state index in [-0.39, 0.29) is 23.0 Å². The largest absolute Gasteiger partial charge is 0.399 e. The zero-order valence-corrected chi connectivity index (χ0v) is 11.4. The highest BCUT2D eigenvalue weighted by molar-refractivity contribution is 7.91.